The molecule has 108 valence electrons. The van der Waals surface area contributed by atoms with E-state index in [0.717, 1.165) is 11.3 Å². The Bertz CT molecular complexity index is 810. The summed E-state index contributed by atoms with van der Waals surface area (Å²) in [6.07, 6.45) is 1.72. The largest absolute Gasteiger partial charge is 0.296 e. The summed E-state index contributed by atoms with van der Waals surface area (Å²) in [5.74, 6) is -0.237. The van der Waals surface area contributed by atoms with E-state index in [1.807, 2.05) is 17.3 Å². The fraction of sp³-hybridized carbons (Fsp3) is 0.200. The van der Waals surface area contributed by atoms with Crippen molar-refractivity contribution >= 4 is 16.3 Å². The van der Waals surface area contributed by atoms with Gasteiger partial charge in [-0.15, -0.1) is 11.3 Å². The van der Waals surface area contributed by atoms with Crippen molar-refractivity contribution in [2.24, 2.45) is 0 Å². The zero-order valence-electron chi connectivity index (χ0n) is 11.5. The molecule has 0 saturated carbocycles. The lowest BCUT2D eigenvalue weighted by molar-refractivity contribution is 0.315. The van der Waals surface area contributed by atoms with Crippen LogP contribution in [0.4, 0.5) is 4.39 Å². The van der Waals surface area contributed by atoms with Crippen molar-refractivity contribution in [1.29, 1.82) is 0 Å². The number of nitrogens with zero attached hydrogens (tertiary/aromatic N) is 3. The quantitative estimate of drug-likeness (QED) is 0.743. The molecule has 0 spiro atoms. The Balaban J connectivity index is 1.75. The first-order valence-electron chi connectivity index (χ1n) is 6.50. The first-order valence-corrected chi connectivity index (χ1v) is 7.38. The van der Waals surface area contributed by atoms with Crippen molar-refractivity contribution in [1.82, 2.24) is 14.3 Å². The summed E-state index contributed by atoms with van der Waals surface area (Å²) in [5.41, 5.74) is 1.70. The van der Waals surface area contributed by atoms with Gasteiger partial charge in [0, 0.05) is 30.7 Å². The van der Waals surface area contributed by atoms with Crippen LogP contribution in [0.2, 0.25) is 0 Å². The molecule has 0 saturated heterocycles. The van der Waals surface area contributed by atoms with E-state index in [-0.39, 0.29) is 11.4 Å². The van der Waals surface area contributed by atoms with E-state index in [2.05, 4.69) is 4.98 Å². The van der Waals surface area contributed by atoms with Crippen LogP contribution in [-0.4, -0.2) is 21.3 Å². The number of rotatable bonds is 4. The second kappa shape index (κ2) is 5.75. The third-order valence-corrected chi connectivity index (χ3v) is 3.91. The maximum Gasteiger partial charge on any atom is 0.258 e. The van der Waals surface area contributed by atoms with Crippen molar-refractivity contribution in [2.45, 2.75) is 13.1 Å². The molecule has 0 atom stereocenters. The maximum absolute atomic E-state index is 12.9. The van der Waals surface area contributed by atoms with Crippen LogP contribution >= 0.6 is 11.3 Å². The standard InChI is InChI=1S/C15H14FN3OS/c1-18(9-11-2-4-12(16)5-3-11)10-13-8-14(20)19-6-7-21-15(19)17-13/h2-8H,9-10H2,1H3. The van der Waals surface area contributed by atoms with Crippen molar-refractivity contribution in [3.63, 3.8) is 0 Å². The average Bonchev–Trinajstić information content (AvgIpc) is 2.90. The van der Waals surface area contributed by atoms with Crippen LogP contribution in [0.1, 0.15) is 11.3 Å². The molecule has 21 heavy (non-hydrogen) atoms. The first-order chi connectivity index (χ1) is 10.1. The molecule has 0 fully saturated rings. The van der Waals surface area contributed by atoms with Crippen LogP contribution in [0.25, 0.3) is 4.96 Å². The highest BCUT2D eigenvalue weighted by Gasteiger charge is 2.07. The van der Waals surface area contributed by atoms with Crippen molar-refractivity contribution in [3.05, 3.63) is 69.3 Å². The number of benzene rings is 1. The van der Waals surface area contributed by atoms with Gasteiger partial charge >= 0.3 is 0 Å². The number of aromatic nitrogens is 2. The van der Waals surface area contributed by atoms with E-state index in [4.69, 9.17) is 0 Å². The minimum absolute atomic E-state index is 0.0635. The predicted molar refractivity (Wildman–Crippen MR) is 80.9 cm³/mol. The fourth-order valence-corrected chi connectivity index (χ4v) is 2.94. The Labute approximate surface area is 125 Å². The van der Waals surface area contributed by atoms with Crippen molar-refractivity contribution in [2.75, 3.05) is 7.05 Å². The van der Waals surface area contributed by atoms with Gasteiger partial charge in [-0.3, -0.25) is 14.1 Å². The SMILES string of the molecule is CN(Cc1ccc(F)cc1)Cc1cc(=O)n2ccsc2n1. The lowest BCUT2D eigenvalue weighted by Gasteiger charge is -2.16. The number of thiazole rings is 1. The van der Waals surface area contributed by atoms with Crippen LogP contribution in [0, 0.1) is 5.82 Å². The lowest BCUT2D eigenvalue weighted by atomic mass is 10.2. The minimum Gasteiger partial charge on any atom is -0.296 e. The van der Waals surface area contributed by atoms with E-state index in [1.165, 1.54) is 27.9 Å². The Morgan fingerprint density at radius 1 is 1.29 bits per heavy atom. The molecule has 2 aromatic heterocycles. The maximum atomic E-state index is 12.9. The van der Waals surface area contributed by atoms with Crippen molar-refractivity contribution < 1.29 is 4.39 Å². The average molecular weight is 303 g/mol. The highest BCUT2D eigenvalue weighted by atomic mass is 32.1. The summed E-state index contributed by atoms with van der Waals surface area (Å²) in [4.78, 5) is 19.1. The zero-order valence-corrected chi connectivity index (χ0v) is 12.3. The molecule has 0 unspecified atom stereocenters. The molecule has 0 N–H and O–H groups in total. The molecule has 0 aliphatic carbocycles. The van der Waals surface area contributed by atoms with Crippen LogP contribution in [0.3, 0.4) is 0 Å². The number of halogens is 1. The summed E-state index contributed by atoms with van der Waals surface area (Å²) in [5, 5.41) is 1.84. The monoisotopic (exact) mass is 303 g/mol. The molecular weight excluding hydrogens is 289 g/mol. The van der Waals surface area contributed by atoms with Gasteiger partial charge in [0.05, 0.1) is 5.69 Å². The van der Waals surface area contributed by atoms with Gasteiger partial charge in [0.2, 0.25) is 0 Å². The molecular formula is C15H14FN3OS. The van der Waals surface area contributed by atoms with E-state index < -0.39 is 0 Å². The van der Waals surface area contributed by atoms with Crippen molar-refractivity contribution in [3.8, 4) is 0 Å². The molecule has 3 aromatic rings. The lowest BCUT2D eigenvalue weighted by Crippen LogP contribution is -2.21. The second-order valence-electron chi connectivity index (χ2n) is 4.94. The number of fused-ring (bicyclic) bond motifs is 1. The van der Waals surface area contributed by atoms with Gasteiger partial charge in [-0.05, 0) is 24.7 Å². The van der Waals surface area contributed by atoms with Gasteiger partial charge < -0.3 is 0 Å². The molecule has 0 amide bonds. The topological polar surface area (TPSA) is 37.6 Å². The molecule has 3 rings (SSSR count). The third kappa shape index (κ3) is 3.17. The minimum atomic E-state index is -0.237. The van der Waals surface area contributed by atoms with E-state index in [9.17, 15) is 9.18 Å². The molecule has 1 aromatic carbocycles. The van der Waals surface area contributed by atoms with E-state index in [0.29, 0.717) is 18.1 Å². The van der Waals surface area contributed by atoms with Gasteiger partial charge in [-0.2, -0.15) is 0 Å². The molecule has 6 heteroatoms. The highest BCUT2D eigenvalue weighted by Crippen LogP contribution is 2.10. The second-order valence-corrected chi connectivity index (χ2v) is 5.81. The van der Waals surface area contributed by atoms with Gasteiger partial charge in [0.25, 0.3) is 5.56 Å². The zero-order chi connectivity index (χ0) is 14.8. The van der Waals surface area contributed by atoms with Gasteiger partial charge in [-0.25, -0.2) is 9.37 Å². The Morgan fingerprint density at radius 3 is 2.81 bits per heavy atom. The third-order valence-electron chi connectivity index (χ3n) is 3.15. The smallest absolute Gasteiger partial charge is 0.258 e. The number of hydrogen-bond acceptors (Lipinski definition) is 4. The summed E-state index contributed by atoms with van der Waals surface area (Å²) in [6, 6.07) is 7.98. The highest BCUT2D eigenvalue weighted by molar-refractivity contribution is 7.15. The Kier molecular flexibility index (Phi) is 3.81. The Morgan fingerprint density at radius 2 is 2.05 bits per heavy atom. The van der Waals surface area contributed by atoms with Crippen LogP contribution < -0.4 is 5.56 Å². The van der Waals surface area contributed by atoms with Gasteiger partial charge in [0.1, 0.15) is 5.82 Å². The fourth-order valence-electron chi connectivity index (χ4n) is 2.20. The molecule has 0 radical (unpaired) electrons. The van der Waals surface area contributed by atoms with Crippen LogP contribution in [-0.2, 0) is 13.1 Å². The van der Waals surface area contributed by atoms with E-state index in [1.54, 1.807) is 24.4 Å². The van der Waals surface area contributed by atoms with Crippen LogP contribution in [0.15, 0.2) is 46.7 Å². The summed E-state index contributed by atoms with van der Waals surface area (Å²) < 4.78 is 14.4. The molecule has 0 aliphatic rings. The normalized spacial score (nSPS) is 11.4. The van der Waals surface area contributed by atoms with Gasteiger partial charge in [0.15, 0.2) is 4.96 Å². The Hall–Kier alpha value is -2.05. The summed E-state index contributed by atoms with van der Waals surface area (Å²) in [6.45, 7) is 1.24. The molecule has 4 nitrogen and oxygen atoms in total. The predicted octanol–water partition coefficient (Wildman–Crippen LogP) is 2.53. The molecule has 0 aliphatic heterocycles. The van der Waals surface area contributed by atoms with Crippen LogP contribution in [0.5, 0.6) is 0 Å². The number of hydrogen-bond donors (Lipinski definition) is 0. The molecule has 2 heterocycles. The van der Waals surface area contributed by atoms with Gasteiger partial charge in [-0.1, -0.05) is 12.1 Å². The van der Waals surface area contributed by atoms with E-state index >= 15 is 0 Å². The summed E-state index contributed by atoms with van der Waals surface area (Å²) in [7, 11) is 1.95. The molecule has 0 bridgehead atoms. The summed E-state index contributed by atoms with van der Waals surface area (Å²) >= 11 is 1.44. The first kappa shape index (κ1) is 13.9.